The maximum Gasteiger partial charge on any atom is 0.236 e. The van der Waals surface area contributed by atoms with Crippen LogP contribution in [-0.2, 0) is 11.3 Å². The number of hydrogen-bond acceptors (Lipinski definition) is 4. The third kappa shape index (κ3) is 3.99. The summed E-state index contributed by atoms with van der Waals surface area (Å²) in [7, 11) is 0. The Morgan fingerprint density at radius 3 is 2.84 bits per heavy atom. The molecule has 5 nitrogen and oxygen atoms in total. The van der Waals surface area contributed by atoms with Crippen molar-refractivity contribution < 1.29 is 14.3 Å². The minimum Gasteiger partial charge on any atom is -0.486 e. The average molecular weight is 352 g/mol. The van der Waals surface area contributed by atoms with Crippen molar-refractivity contribution in [1.82, 2.24) is 5.32 Å². The summed E-state index contributed by atoms with van der Waals surface area (Å²) in [6.07, 6.45) is 0. The molecular formula is C12H16BrClN2O3. The fraction of sp³-hybridized carbons (Fsp3) is 0.417. The molecule has 1 amide bonds. The molecule has 106 valence electrons. The Labute approximate surface area is 126 Å². The SMILES string of the molecule is C[C@@H](N)C(=O)NCc1cc(Br)c2c(c1)OCCO2.Cl. The Morgan fingerprint density at radius 1 is 1.47 bits per heavy atom. The molecule has 19 heavy (non-hydrogen) atoms. The van der Waals surface area contributed by atoms with Crippen molar-refractivity contribution in [2.45, 2.75) is 19.5 Å². The number of carbonyl (C=O) groups is 1. The van der Waals surface area contributed by atoms with Crippen molar-refractivity contribution in [3.8, 4) is 11.5 Å². The molecule has 1 aromatic carbocycles. The summed E-state index contributed by atoms with van der Waals surface area (Å²) in [5.41, 5.74) is 6.41. The average Bonchev–Trinajstić information content (AvgIpc) is 2.36. The predicted octanol–water partition coefficient (Wildman–Crippen LogP) is 1.61. The highest BCUT2D eigenvalue weighted by Gasteiger charge is 2.16. The van der Waals surface area contributed by atoms with Gasteiger partial charge in [0.1, 0.15) is 13.2 Å². The standard InChI is InChI=1S/C12H15BrN2O3.ClH/c1-7(14)12(16)15-6-8-4-9(13)11-10(5-8)17-2-3-18-11;/h4-5,7H,2-3,6,14H2,1H3,(H,15,16);1H/t7-;/m1./s1. The molecule has 0 fully saturated rings. The van der Waals surface area contributed by atoms with E-state index in [1.165, 1.54) is 0 Å². The van der Waals surface area contributed by atoms with Crippen LogP contribution in [0.15, 0.2) is 16.6 Å². The molecule has 0 aromatic heterocycles. The van der Waals surface area contributed by atoms with E-state index in [-0.39, 0.29) is 18.3 Å². The minimum absolute atomic E-state index is 0. The van der Waals surface area contributed by atoms with Crippen LogP contribution >= 0.6 is 28.3 Å². The molecule has 1 aliphatic rings. The largest absolute Gasteiger partial charge is 0.486 e. The molecule has 1 heterocycles. The molecule has 7 heteroatoms. The van der Waals surface area contributed by atoms with Gasteiger partial charge < -0.3 is 20.5 Å². The summed E-state index contributed by atoms with van der Waals surface area (Å²) in [5.74, 6) is 1.23. The lowest BCUT2D eigenvalue weighted by atomic mass is 10.2. The first kappa shape index (κ1) is 16.1. The number of carbonyl (C=O) groups excluding carboxylic acids is 1. The molecule has 1 aliphatic heterocycles. The molecular weight excluding hydrogens is 336 g/mol. The van der Waals surface area contributed by atoms with Crippen LogP contribution in [0.3, 0.4) is 0 Å². The first-order valence-electron chi connectivity index (χ1n) is 5.69. The molecule has 1 atom stereocenters. The third-order valence-corrected chi connectivity index (χ3v) is 3.13. The first-order chi connectivity index (χ1) is 8.58. The highest BCUT2D eigenvalue weighted by atomic mass is 79.9. The number of benzene rings is 1. The van der Waals surface area contributed by atoms with E-state index in [9.17, 15) is 4.79 Å². The van der Waals surface area contributed by atoms with Gasteiger partial charge in [0.2, 0.25) is 5.91 Å². The summed E-state index contributed by atoms with van der Waals surface area (Å²) in [4.78, 5) is 11.4. The van der Waals surface area contributed by atoms with Crippen LogP contribution in [0.1, 0.15) is 12.5 Å². The number of fused-ring (bicyclic) bond motifs is 1. The summed E-state index contributed by atoms with van der Waals surface area (Å²) in [6.45, 7) is 3.14. The van der Waals surface area contributed by atoms with Crippen LogP contribution in [0, 0.1) is 0 Å². The number of amides is 1. The number of nitrogens with two attached hydrogens (primary N) is 1. The van der Waals surface area contributed by atoms with Crippen molar-refractivity contribution in [3.05, 3.63) is 22.2 Å². The van der Waals surface area contributed by atoms with Crippen LogP contribution in [0.4, 0.5) is 0 Å². The third-order valence-electron chi connectivity index (χ3n) is 2.54. The molecule has 0 saturated heterocycles. The number of hydrogen-bond donors (Lipinski definition) is 2. The van der Waals surface area contributed by atoms with E-state index < -0.39 is 6.04 Å². The van der Waals surface area contributed by atoms with Crippen molar-refractivity contribution in [3.63, 3.8) is 0 Å². The van der Waals surface area contributed by atoms with E-state index in [0.717, 1.165) is 10.0 Å². The smallest absolute Gasteiger partial charge is 0.236 e. The second-order valence-electron chi connectivity index (χ2n) is 4.11. The summed E-state index contributed by atoms with van der Waals surface area (Å²) in [6, 6.07) is 3.25. The van der Waals surface area contributed by atoms with Gasteiger partial charge in [-0.15, -0.1) is 12.4 Å². The fourth-order valence-corrected chi connectivity index (χ4v) is 2.22. The van der Waals surface area contributed by atoms with Gasteiger partial charge in [-0.3, -0.25) is 4.79 Å². The van der Waals surface area contributed by atoms with Crippen molar-refractivity contribution >= 4 is 34.2 Å². The lowest BCUT2D eigenvalue weighted by molar-refractivity contribution is -0.122. The molecule has 0 unspecified atom stereocenters. The second kappa shape index (κ2) is 6.98. The van der Waals surface area contributed by atoms with E-state index >= 15 is 0 Å². The van der Waals surface area contributed by atoms with Gasteiger partial charge in [-0.05, 0) is 40.5 Å². The van der Waals surface area contributed by atoms with Gasteiger partial charge in [-0.1, -0.05) is 0 Å². The van der Waals surface area contributed by atoms with Gasteiger partial charge in [0.05, 0.1) is 10.5 Å². The zero-order valence-corrected chi connectivity index (χ0v) is 12.8. The Kier molecular flexibility index (Phi) is 5.90. The Bertz CT molecular complexity index is 469. The number of ether oxygens (including phenoxy) is 2. The van der Waals surface area contributed by atoms with E-state index in [0.29, 0.717) is 31.3 Å². The Hall–Kier alpha value is -0.980. The maximum absolute atomic E-state index is 11.4. The Morgan fingerprint density at radius 2 is 2.16 bits per heavy atom. The van der Waals surface area contributed by atoms with Gasteiger partial charge in [0.25, 0.3) is 0 Å². The summed E-state index contributed by atoms with van der Waals surface area (Å²) >= 11 is 3.43. The molecule has 0 saturated carbocycles. The van der Waals surface area contributed by atoms with Crippen LogP contribution in [0.25, 0.3) is 0 Å². The van der Waals surface area contributed by atoms with Crippen LogP contribution in [-0.4, -0.2) is 25.2 Å². The van der Waals surface area contributed by atoms with E-state index in [1.54, 1.807) is 6.92 Å². The molecule has 0 aliphatic carbocycles. The normalized spacial score (nSPS) is 14.3. The lowest BCUT2D eigenvalue weighted by Crippen LogP contribution is -2.37. The topological polar surface area (TPSA) is 73.6 Å². The molecule has 0 radical (unpaired) electrons. The number of rotatable bonds is 3. The molecule has 2 rings (SSSR count). The van der Waals surface area contributed by atoms with Gasteiger partial charge in [0.15, 0.2) is 11.5 Å². The molecule has 1 aromatic rings. The Balaban J connectivity index is 0.00000180. The van der Waals surface area contributed by atoms with E-state index in [1.807, 2.05) is 12.1 Å². The highest BCUT2D eigenvalue weighted by molar-refractivity contribution is 9.10. The monoisotopic (exact) mass is 350 g/mol. The van der Waals surface area contributed by atoms with Crippen molar-refractivity contribution in [2.75, 3.05) is 13.2 Å². The summed E-state index contributed by atoms with van der Waals surface area (Å²) in [5, 5.41) is 2.75. The maximum atomic E-state index is 11.4. The van der Waals surface area contributed by atoms with Crippen LogP contribution in [0.2, 0.25) is 0 Å². The van der Waals surface area contributed by atoms with Gasteiger partial charge in [0, 0.05) is 6.54 Å². The number of halogens is 2. The zero-order chi connectivity index (χ0) is 13.1. The van der Waals surface area contributed by atoms with Crippen LogP contribution < -0.4 is 20.5 Å². The molecule has 3 N–H and O–H groups in total. The lowest BCUT2D eigenvalue weighted by Gasteiger charge is -2.20. The fourth-order valence-electron chi connectivity index (χ4n) is 1.62. The highest BCUT2D eigenvalue weighted by Crippen LogP contribution is 2.38. The number of nitrogens with one attached hydrogen (secondary N) is 1. The van der Waals surface area contributed by atoms with Crippen molar-refractivity contribution in [2.24, 2.45) is 5.73 Å². The summed E-state index contributed by atoms with van der Waals surface area (Å²) < 4.78 is 11.8. The van der Waals surface area contributed by atoms with Gasteiger partial charge >= 0.3 is 0 Å². The quantitative estimate of drug-likeness (QED) is 0.867. The van der Waals surface area contributed by atoms with Crippen LogP contribution in [0.5, 0.6) is 11.5 Å². The molecule has 0 spiro atoms. The first-order valence-corrected chi connectivity index (χ1v) is 6.48. The zero-order valence-electron chi connectivity index (χ0n) is 10.4. The van der Waals surface area contributed by atoms with Gasteiger partial charge in [-0.25, -0.2) is 0 Å². The van der Waals surface area contributed by atoms with E-state index in [2.05, 4.69) is 21.2 Å². The predicted molar refractivity (Wildman–Crippen MR) is 77.9 cm³/mol. The van der Waals surface area contributed by atoms with E-state index in [4.69, 9.17) is 15.2 Å². The molecule has 0 bridgehead atoms. The minimum atomic E-state index is -0.509. The van der Waals surface area contributed by atoms with Crippen molar-refractivity contribution in [1.29, 1.82) is 0 Å². The second-order valence-corrected chi connectivity index (χ2v) is 4.96. The van der Waals surface area contributed by atoms with Gasteiger partial charge in [-0.2, -0.15) is 0 Å².